The highest BCUT2D eigenvalue weighted by molar-refractivity contribution is 4.79. The Kier molecular flexibility index (Phi) is 12.2. The molecule has 0 spiro atoms. The van der Waals surface area contributed by atoms with Crippen LogP contribution in [0.15, 0.2) is 0 Å². The minimum Gasteiger partial charge on any atom is -0.344 e. The molecule has 1 atom stereocenters. The first-order valence-corrected chi connectivity index (χ1v) is 5.16. The van der Waals surface area contributed by atoms with Crippen LogP contribution in [-0.4, -0.2) is 0 Å². The normalized spacial score (nSPS) is 12.7. The molecule has 0 aromatic rings. The summed E-state index contributed by atoms with van der Waals surface area (Å²) < 4.78 is 0. The van der Waals surface area contributed by atoms with Crippen LogP contribution in [0.25, 0.3) is 0 Å². The average Bonchev–Trinajstić information content (AvgIpc) is 2.08. The number of hydrogen-bond donors (Lipinski definition) is 2. The predicted octanol–water partition coefficient (Wildman–Crippen LogP) is 4.57. The minimum atomic E-state index is 0. The zero-order chi connectivity index (χ0) is 8.91. The van der Waals surface area contributed by atoms with E-state index >= 15 is 0 Å². The van der Waals surface area contributed by atoms with Gasteiger partial charge in [0, 0.05) is 0 Å². The van der Waals surface area contributed by atoms with Crippen LogP contribution in [0.5, 0.6) is 0 Å². The summed E-state index contributed by atoms with van der Waals surface area (Å²) in [6.07, 6.45) is 5.36. The highest BCUT2D eigenvalue weighted by atomic mass is 14.3. The van der Waals surface area contributed by atoms with Crippen molar-refractivity contribution in [2.45, 2.75) is 60.3 Å². The van der Waals surface area contributed by atoms with E-state index in [4.69, 9.17) is 0 Å². The van der Waals surface area contributed by atoms with Crippen LogP contribution in [0.3, 0.4) is 0 Å². The van der Waals surface area contributed by atoms with Crippen molar-refractivity contribution in [3.8, 4) is 0 Å². The van der Waals surface area contributed by atoms with Crippen molar-refractivity contribution >= 4 is 0 Å². The Bertz CT molecular complexity index is 90.0. The summed E-state index contributed by atoms with van der Waals surface area (Å²) in [4.78, 5) is 0. The molecule has 0 aromatic heterocycles. The van der Waals surface area contributed by atoms with Crippen molar-refractivity contribution in [2.75, 3.05) is 0 Å². The summed E-state index contributed by atoms with van der Waals surface area (Å²) >= 11 is 0. The fraction of sp³-hybridized carbons (Fsp3) is 1.00. The second-order valence-corrected chi connectivity index (χ2v) is 3.73. The molecule has 1 unspecified atom stereocenters. The average molecular weight is 190 g/mol. The molecule has 0 amide bonds. The van der Waals surface area contributed by atoms with Crippen molar-refractivity contribution in [1.29, 1.82) is 0 Å². The Balaban J connectivity index is -0.000000500. The largest absolute Gasteiger partial charge is 0.344 e. The highest BCUT2D eigenvalue weighted by Gasteiger charge is 2.28. The SMILES string of the molecule is CCC(C)C(CC)(CC)CC.N.N. The molecule has 0 radical (unpaired) electrons. The van der Waals surface area contributed by atoms with Gasteiger partial charge in [0.2, 0.25) is 0 Å². The molecule has 0 fully saturated rings. The van der Waals surface area contributed by atoms with Crippen LogP contribution in [0, 0.1) is 11.3 Å². The lowest BCUT2D eigenvalue weighted by Crippen LogP contribution is -2.26. The van der Waals surface area contributed by atoms with Gasteiger partial charge in [0.15, 0.2) is 0 Å². The van der Waals surface area contributed by atoms with Crippen molar-refractivity contribution in [3.63, 3.8) is 0 Å². The quantitative estimate of drug-likeness (QED) is 0.666. The maximum Gasteiger partial charge on any atom is -0.0280 e. The maximum absolute atomic E-state index is 2.40. The van der Waals surface area contributed by atoms with Crippen LogP contribution < -0.4 is 12.3 Å². The minimum absolute atomic E-state index is 0. The lowest BCUT2D eigenvalue weighted by atomic mass is 9.69. The fourth-order valence-corrected chi connectivity index (χ4v) is 2.23. The summed E-state index contributed by atoms with van der Waals surface area (Å²) in [5, 5.41) is 0. The van der Waals surface area contributed by atoms with Gasteiger partial charge >= 0.3 is 0 Å². The smallest absolute Gasteiger partial charge is 0.0280 e. The molecule has 0 bridgehead atoms. The van der Waals surface area contributed by atoms with Crippen LogP contribution in [0.4, 0.5) is 0 Å². The standard InChI is InChI=1S/C11H24.2H3N/c1-6-10(5)11(7-2,8-3)9-4;;/h10H,6-9H2,1-5H3;2*1H3. The second kappa shape index (κ2) is 8.52. The van der Waals surface area contributed by atoms with E-state index in [-0.39, 0.29) is 12.3 Å². The van der Waals surface area contributed by atoms with Gasteiger partial charge in [-0.3, -0.25) is 0 Å². The zero-order valence-corrected chi connectivity index (χ0v) is 10.3. The van der Waals surface area contributed by atoms with Crippen LogP contribution in [0.1, 0.15) is 60.3 Å². The molecule has 0 heterocycles. The molecule has 0 rings (SSSR count). The van der Waals surface area contributed by atoms with Crippen LogP contribution >= 0.6 is 0 Å². The topological polar surface area (TPSA) is 70.0 Å². The van der Waals surface area contributed by atoms with Gasteiger partial charge in [-0.1, -0.05) is 60.3 Å². The lowest BCUT2D eigenvalue weighted by Gasteiger charge is -2.36. The van der Waals surface area contributed by atoms with Gasteiger partial charge in [-0.05, 0) is 11.3 Å². The first-order valence-electron chi connectivity index (χ1n) is 5.16. The van der Waals surface area contributed by atoms with E-state index in [0.717, 1.165) is 5.92 Å². The monoisotopic (exact) mass is 190 g/mol. The third-order valence-electron chi connectivity index (χ3n) is 3.77. The van der Waals surface area contributed by atoms with Crippen molar-refractivity contribution in [2.24, 2.45) is 11.3 Å². The summed E-state index contributed by atoms with van der Waals surface area (Å²) in [7, 11) is 0. The van der Waals surface area contributed by atoms with Crippen molar-refractivity contribution in [1.82, 2.24) is 12.3 Å². The summed E-state index contributed by atoms with van der Waals surface area (Å²) in [6, 6.07) is 0. The lowest BCUT2D eigenvalue weighted by molar-refractivity contribution is 0.144. The molecule has 0 aliphatic carbocycles. The molecule has 13 heavy (non-hydrogen) atoms. The van der Waals surface area contributed by atoms with Gasteiger partial charge < -0.3 is 12.3 Å². The third kappa shape index (κ3) is 4.10. The molecule has 0 saturated heterocycles. The Morgan fingerprint density at radius 2 is 1.15 bits per heavy atom. The maximum atomic E-state index is 2.40. The van der Waals surface area contributed by atoms with Gasteiger partial charge in [-0.25, -0.2) is 0 Å². The Labute approximate surface area is 84.7 Å². The number of rotatable bonds is 5. The molecular weight excluding hydrogens is 160 g/mol. The van der Waals surface area contributed by atoms with E-state index < -0.39 is 0 Å². The van der Waals surface area contributed by atoms with E-state index in [9.17, 15) is 0 Å². The van der Waals surface area contributed by atoms with E-state index in [1.54, 1.807) is 0 Å². The molecule has 0 aliphatic heterocycles. The first-order chi connectivity index (χ1) is 5.16. The summed E-state index contributed by atoms with van der Waals surface area (Å²) in [5.74, 6) is 0.891. The van der Waals surface area contributed by atoms with Crippen LogP contribution in [0.2, 0.25) is 0 Å². The van der Waals surface area contributed by atoms with Gasteiger partial charge in [0.1, 0.15) is 0 Å². The van der Waals surface area contributed by atoms with E-state index in [0.29, 0.717) is 5.41 Å². The second-order valence-electron chi connectivity index (χ2n) is 3.73. The third-order valence-corrected chi connectivity index (χ3v) is 3.77. The van der Waals surface area contributed by atoms with Gasteiger partial charge in [-0.15, -0.1) is 0 Å². The van der Waals surface area contributed by atoms with Crippen LogP contribution in [-0.2, 0) is 0 Å². The van der Waals surface area contributed by atoms with Crippen molar-refractivity contribution < 1.29 is 0 Å². The summed E-state index contributed by atoms with van der Waals surface area (Å²) in [5.41, 5.74) is 0.634. The molecule has 0 saturated carbocycles. The predicted molar refractivity (Wildman–Crippen MR) is 62.8 cm³/mol. The Morgan fingerprint density at radius 3 is 1.23 bits per heavy atom. The van der Waals surface area contributed by atoms with Gasteiger partial charge in [0.25, 0.3) is 0 Å². The number of hydrogen-bond acceptors (Lipinski definition) is 2. The van der Waals surface area contributed by atoms with E-state index in [1.807, 2.05) is 0 Å². The van der Waals surface area contributed by atoms with E-state index in [2.05, 4.69) is 34.6 Å². The zero-order valence-electron chi connectivity index (χ0n) is 10.3. The van der Waals surface area contributed by atoms with Crippen molar-refractivity contribution in [3.05, 3.63) is 0 Å². The van der Waals surface area contributed by atoms with E-state index in [1.165, 1.54) is 25.7 Å². The Hall–Kier alpha value is -0.0800. The Morgan fingerprint density at radius 1 is 0.846 bits per heavy atom. The molecule has 84 valence electrons. The summed E-state index contributed by atoms with van der Waals surface area (Å²) in [6.45, 7) is 11.7. The molecule has 0 aliphatic rings. The molecule has 6 N–H and O–H groups in total. The van der Waals surface area contributed by atoms with Gasteiger partial charge in [-0.2, -0.15) is 0 Å². The highest BCUT2D eigenvalue weighted by Crippen LogP contribution is 2.39. The molecular formula is C11H30N2. The molecule has 2 heteroatoms. The fourth-order valence-electron chi connectivity index (χ4n) is 2.23. The molecule has 0 aromatic carbocycles. The molecule has 2 nitrogen and oxygen atoms in total. The first kappa shape index (κ1) is 18.7. The van der Waals surface area contributed by atoms with Gasteiger partial charge in [0.05, 0.1) is 0 Å².